The average molecular weight is 335 g/mol. The van der Waals surface area contributed by atoms with E-state index in [0.29, 0.717) is 11.4 Å². The lowest BCUT2D eigenvalue weighted by Crippen LogP contribution is -2.30. The summed E-state index contributed by atoms with van der Waals surface area (Å²) in [5.41, 5.74) is 0.934. The molecule has 0 radical (unpaired) electrons. The lowest BCUT2D eigenvalue weighted by atomic mass is 10.2. The maximum Gasteiger partial charge on any atom is 0.240 e. The summed E-state index contributed by atoms with van der Waals surface area (Å²) in [7, 11) is -3.32. The monoisotopic (exact) mass is 334 g/mol. The van der Waals surface area contributed by atoms with Crippen LogP contribution in [0.5, 0.6) is 0 Å². The molecule has 0 bridgehead atoms. The number of halogens is 1. The first kappa shape index (κ1) is 15.0. The number of carbonyl (C=O) groups is 1. The largest absolute Gasteiger partial charge is 0.325 e. The summed E-state index contributed by atoms with van der Waals surface area (Å²) < 4.78 is 23.8. The van der Waals surface area contributed by atoms with E-state index in [4.69, 9.17) is 0 Å². The molecule has 1 aromatic rings. The van der Waals surface area contributed by atoms with Crippen molar-refractivity contribution in [2.75, 3.05) is 16.3 Å². The van der Waals surface area contributed by atoms with Gasteiger partial charge in [0, 0.05) is 5.69 Å². The standard InChI is InChI=1S/C11H15BrN2O3S/c1-11(2,12)10(15)13-8-5-4-6-9(7-8)14-18(3,16)17/h4-7,14H,1-3H3,(H,13,15). The molecule has 5 nitrogen and oxygen atoms in total. The van der Waals surface area contributed by atoms with Gasteiger partial charge in [-0.25, -0.2) is 8.42 Å². The molecule has 0 aliphatic heterocycles. The Labute approximate surface area is 115 Å². The number of hydrogen-bond donors (Lipinski definition) is 2. The first-order valence-corrected chi connectivity index (χ1v) is 7.84. The molecule has 0 aromatic heterocycles. The lowest BCUT2D eigenvalue weighted by Gasteiger charge is -2.16. The van der Waals surface area contributed by atoms with E-state index in [1.165, 1.54) is 0 Å². The number of hydrogen-bond acceptors (Lipinski definition) is 3. The van der Waals surface area contributed by atoms with Crippen molar-refractivity contribution in [3.05, 3.63) is 24.3 Å². The molecule has 100 valence electrons. The number of sulfonamides is 1. The zero-order valence-corrected chi connectivity index (χ0v) is 12.7. The van der Waals surface area contributed by atoms with Gasteiger partial charge in [-0.1, -0.05) is 22.0 Å². The van der Waals surface area contributed by atoms with Crippen LogP contribution >= 0.6 is 15.9 Å². The van der Waals surface area contributed by atoms with Crippen molar-refractivity contribution in [3.63, 3.8) is 0 Å². The van der Waals surface area contributed by atoms with Gasteiger partial charge in [0.05, 0.1) is 16.3 Å². The molecule has 1 aromatic carbocycles. The van der Waals surface area contributed by atoms with Gasteiger partial charge in [0.2, 0.25) is 15.9 Å². The highest BCUT2D eigenvalue weighted by atomic mass is 79.9. The van der Waals surface area contributed by atoms with Gasteiger partial charge in [0.1, 0.15) is 0 Å². The van der Waals surface area contributed by atoms with E-state index in [0.717, 1.165) is 6.26 Å². The van der Waals surface area contributed by atoms with E-state index >= 15 is 0 Å². The Morgan fingerprint density at radius 1 is 1.28 bits per heavy atom. The number of nitrogens with one attached hydrogen (secondary N) is 2. The molecule has 18 heavy (non-hydrogen) atoms. The Kier molecular flexibility index (Phi) is 4.39. The van der Waals surface area contributed by atoms with Gasteiger partial charge in [0.15, 0.2) is 0 Å². The Balaban J connectivity index is 2.87. The van der Waals surface area contributed by atoms with Crippen LogP contribution in [0, 0.1) is 0 Å². The predicted octanol–water partition coefficient (Wildman–Crippen LogP) is 2.17. The average Bonchev–Trinajstić information content (AvgIpc) is 2.13. The molecular weight excluding hydrogens is 320 g/mol. The van der Waals surface area contributed by atoms with Crippen LogP contribution in [0.15, 0.2) is 24.3 Å². The smallest absolute Gasteiger partial charge is 0.240 e. The Morgan fingerprint density at radius 3 is 2.33 bits per heavy atom. The fourth-order valence-electron chi connectivity index (χ4n) is 1.15. The Morgan fingerprint density at radius 2 is 1.83 bits per heavy atom. The van der Waals surface area contributed by atoms with E-state index in [1.807, 2.05) is 0 Å². The molecule has 0 fully saturated rings. The van der Waals surface area contributed by atoms with Crippen LogP contribution in [0.4, 0.5) is 11.4 Å². The van der Waals surface area contributed by atoms with Gasteiger partial charge in [-0.15, -0.1) is 0 Å². The van der Waals surface area contributed by atoms with E-state index in [9.17, 15) is 13.2 Å². The quantitative estimate of drug-likeness (QED) is 0.828. The van der Waals surface area contributed by atoms with Crippen molar-refractivity contribution >= 4 is 43.2 Å². The van der Waals surface area contributed by atoms with Gasteiger partial charge in [-0.05, 0) is 32.0 Å². The van der Waals surface area contributed by atoms with Crippen LogP contribution in [-0.2, 0) is 14.8 Å². The first-order valence-electron chi connectivity index (χ1n) is 5.16. The van der Waals surface area contributed by atoms with Crippen molar-refractivity contribution in [2.24, 2.45) is 0 Å². The van der Waals surface area contributed by atoms with Crippen LogP contribution < -0.4 is 10.0 Å². The van der Waals surface area contributed by atoms with Crippen molar-refractivity contribution in [2.45, 2.75) is 18.2 Å². The van der Waals surface area contributed by atoms with Gasteiger partial charge < -0.3 is 5.32 Å². The summed E-state index contributed by atoms with van der Waals surface area (Å²) in [6, 6.07) is 6.50. The molecule has 0 saturated heterocycles. The van der Waals surface area contributed by atoms with E-state index in [2.05, 4.69) is 26.0 Å². The molecule has 0 atom stereocenters. The highest BCUT2D eigenvalue weighted by molar-refractivity contribution is 9.10. The summed E-state index contributed by atoms with van der Waals surface area (Å²) in [6.45, 7) is 3.45. The summed E-state index contributed by atoms with van der Waals surface area (Å²) in [5.74, 6) is -0.209. The summed E-state index contributed by atoms with van der Waals surface area (Å²) >= 11 is 3.25. The van der Waals surface area contributed by atoms with E-state index < -0.39 is 14.3 Å². The molecule has 1 amide bonds. The number of carbonyl (C=O) groups excluding carboxylic acids is 1. The van der Waals surface area contributed by atoms with Crippen LogP contribution in [0.25, 0.3) is 0 Å². The minimum atomic E-state index is -3.32. The molecule has 0 unspecified atom stereocenters. The number of rotatable bonds is 4. The number of anilines is 2. The maximum atomic E-state index is 11.7. The van der Waals surface area contributed by atoms with Gasteiger partial charge in [-0.3, -0.25) is 9.52 Å². The fourth-order valence-corrected chi connectivity index (χ4v) is 1.81. The molecular formula is C11H15BrN2O3S. The normalized spacial score (nSPS) is 12.0. The summed E-state index contributed by atoms with van der Waals surface area (Å²) in [4.78, 5) is 11.7. The SMILES string of the molecule is CC(C)(Br)C(=O)Nc1cccc(NS(C)(=O)=O)c1. The number of amides is 1. The molecule has 0 saturated carbocycles. The Hall–Kier alpha value is -1.08. The Bertz CT molecular complexity index is 550. The van der Waals surface area contributed by atoms with Crippen molar-refractivity contribution in [1.29, 1.82) is 0 Å². The van der Waals surface area contributed by atoms with E-state index in [-0.39, 0.29) is 5.91 Å². The molecule has 1 rings (SSSR count). The highest BCUT2D eigenvalue weighted by Crippen LogP contribution is 2.21. The molecule has 2 N–H and O–H groups in total. The lowest BCUT2D eigenvalue weighted by molar-refractivity contribution is -0.117. The van der Waals surface area contributed by atoms with Gasteiger partial charge >= 0.3 is 0 Å². The second-order valence-electron chi connectivity index (χ2n) is 4.38. The topological polar surface area (TPSA) is 75.3 Å². The number of alkyl halides is 1. The van der Waals surface area contributed by atoms with Crippen molar-refractivity contribution in [1.82, 2.24) is 0 Å². The van der Waals surface area contributed by atoms with Crippen LogP contribution in [-0.4, -0.2) is 24.9 Å². The second kappa shape index (κ2) is 5.27. The predicted molar refractivity (Wildman–Crippen MR) is 76.5 cm³/mol. The van der Waals surface area contributed by atoms with Crippen LogP contribution in [0.1, 0.15) is 13.8 Å². The van der Waals surface area contributed by atoms with Gasteiger partial charge in [-0.2, -0.15) is 0 Å². The summed E-state index contributed by atoms with van der Waals surface area (Å²) in [5, 5.41) is 2.69. The molecule has 0 spiro atoms. The van der Waals surface area contributed by atoms with Gasteiger partial charge in [0.25, 0.3) is 0 Å². The van der Waals surface area contributed by atoms with Crippen LogP contribution in [0.3, 0.4) is 0 Å². The summed E-state index contributed by atoms with van der Waals surface area (Å²) in [6.07, 6.45) is 1.07. The van der Waals surface area contributed by atoms with Crippen molar-refractivity contribution in [3.8, 4) is 0 Å². The molecule has 0 heterocycles. The highest BCUT2D eigenvalue weighted by Gasteiger charge is 2.23. The minimum Gasteiger partial charge on any atom is -0.325 e. The first-order chi connectivity index (χ1) is 8.08. The van der Waals surface area contributed by atoms with E-state index in [1.54, 1.807) is 38.1 Å². The molecule has 0 aliphatic carbocycles. The number of benzene rings is 1. The molecule has 7 heteroatoms. The third-order valence-corrected chi connectivity index (χ3v) is 2.93. The zero-order chi connectivity index (χ0) is 14.0. The second-order valence-corrected chi connectivity index (χ2v) is 8.11. The fraction of sp³-hybridized carbons (Fsp3) is 0.364. The van der Waals surface area contributed by atoms with Crippen LogP contribution in [0.2, 0.25) is 0 Å². The maximum absolute atomic E-state index is 11.7. The minimum absolute atomic E-state index is 0.209. The third kappa shape index (κ3) is 5.05. The zero-order valence-electron chi connectivity index (χ0n) is 10.3. The van der Waals surface area contributed by atoms with Crippen molar-refractivity contribution < 1.29 is 13.2 Å². The molecule has 0 aliphatic rings. The third-order valence-electron chi connectivity index (χ3n) is 1.96.